The average Bonchev–Trinajstić information content (AvgIpc) is 1.89. The summed E-state index contributed by atoms with van der Waals surface area (Å²) in [5.41, 5.74) is 0. The summed E-state index contributed by atoms with van der Waals surface area (Å²) in [5, 5.41) is 3.39. The van der Waals surface area contributed by atoms with Crippen LogP contribution >= 0.6 is 0 Å². The Bertz CT molecular complexity index is 42.5. The molecule has 0 aromatic rings. The van der Waals surface area contributed by atoms with Crippen molar-refractivity contribution >= 4 is 17.4 Å². The lowest BCUT2D eigenvalue weighted by molar-refractivity contribution is 0.611. The van der Waals surface area contributed by atoms with Gasteiger partial charge in [0.25, 0.3) is 0 Å². The lowest BCUT2D eigenvalue weighted by atomic mass is 10.3. The van der Waals surface area contributed by atoms with Crippen LogP contribution in [0.3, 0.4) is 0 Å². The van der Waals surface area contributed by atoms with Crippen molar-refractivity contribution in [3.8, 4) is 0 Å². The maximum atomic E-state index is 3.39. The lowest BCUT2D eigenvalue weighted by Crippen LogP contribution is -2.15. The van der Waals surface area contributed by atoms with Crippen molar-refractivity contribution in [2.75, 3.05) is 13.1 Å². The van der Waals surface area contributed by atoms with Crippen LogP contribution in [0.1, 0.15) is 39.5 Å². The highest BCUT2D eigenvalue weighted by Crippen LogP contribution is 1.85. The van der Waals surface area contributed by atoms with Crippen molar-refractivity contribution in [3.63, 3.8) is 0 Å². The van der Waals surface area contributed by atoms with E-state index in [1.54, 1.807) is 0 Å². The minimum Gasteiger partial charge on any atom is -0.317 e. The Morgan fingerprint density at radius 1 is 0.900 bits per heavy atom. The monoisotopic (exact) mass is 159 g/mol. The van der Waals surface area contributed by atoms with Crippen molar-refractivity contribution in [2.45, 2.75) is 39.5 Å². The van der Waals surface area contributed by atoms with Crippen LogP contribution in [0.4, 0.5) is 0 Å². The molecule has 0 saturated carbocycles. The first-order valence-corrected chi connectivity index (χ1v) is 4.12. The van der Waals surface area contributed by atoms with Gasteiger partial charge in [-0.3, -0.25) is 0 Å². The molecule has 0 spiro atoms. The van der Waals surface area contributed by atoms with Crippen molar-refractivity contribution in [1.82, 2.24) is 5.32 Å². The van der Waals surface area contributed by atoms with E-state index < -0.39 is 0 Å². The molecule has 2 heteroatoms. The first-order chi connectivity index (χ1) is 4.41. The van der Waals surface area contributed by atoms with Gasteiger partial charge in [0.2, 0.25) is 0 Å². The Kier molecular flexibility index (Phi) is 16.0. The van der Waals surface area contributed by atoms with Gasteiger partial charge in [0, 0.05) is 0 Å². The van der Waals surface area contributed by atoms with E-state index in [2.05, 4.69) is 19.2 Å². The standard InChI is InChI=1S/C8H19N.Al.3H/c1-3-5-7-9-8-6-4-2;;;;/h9H,3-8H2,1-2H3;;;;. The smallest absolute Gasteiger partial charge is 0.187 e. The molecule has 1 nitrogen and oxygen atoms in total. The fourth-order valence-corrected chi connectivity index (χ4v) is 0.729. The van der Waals surface area contributed by atoms with E-state index in [9.17, 15) is 0 Å². The van der Waals surface area contributed by atoms with E-state index in [1.807, 2.05) is 0 Å². The second-order valence-electron chi connectivity index (χ2n) is 2.46. The largest absolute Gasteiger partial charge is 0.317 e. The van der Waals surface area contributed by atoms with Crippen LogP contribution in [0.25, 0.3) is 0 Å². The minimum absolute atomic E-state index is 0. The molecule has 0 aliphatic carbocycles. The molecular formula is C8H22AlN. The van der Waals surface area contributed by atoms with E-state index in [-0.39, 0.29) is 17.4 Å². The summed E-state index contributed by atoms with van der Waals surface area (Å²) in [6.45, 7) is 6.86. The van der Waals surface area contributed by atoms with Gasteiger partial charge in [-0.25, -0.2) is 0 Å². The lowest BCUT2D eigenvalue weighted by Gasteiger charge is -1.99. The van der Waals surface area contributed by atoms with Crippen molar-refractivity contribution in [1.29, 1.82) is 0 Å². The molecule has 0 amide bonds. The highest BCUT2D eigenvalue weighted by atomic mass is 27.0. The van der Waals surface area contributed by atoms with Gasteiger partial charge in [0.05, 0.1) is 0 Å². The summed E-state index contributed by atoms with van der Waals surface area (Å²) >= 11 is 0. The maximum absolute atomic E-state index is 3.39. The third-order valence-corrected chi connectivity index (χ3v) is 1.41. The Balaban J connectivity index is 0. The summed E-state index contributed by atoms with van der Waals surface area (Å²) < 4.78 is 0. The molecule has 0 aromatic carbocycles. The van der Waals surface area contributed by atoms with Gasteiger partial charge < -0.3 is 5.32 Å². The third kappa shape index (κ3) is 11.3. The van der Waals surface area contributed by atoms with Gasteiger partial charge in [0.1, 0.15) is 0 Å². The van der Waals surface area contributed by atoms with E-state index in [0.29, 0.717) is 0 Å². The Hall–Kier alpha value is 0.492. The topological polar surface area (TPSA) is 12.0 Å². The molecule has 0 aromatic heterocycles. The van der Waals surface area contributed by atoms with Crippen LogP contribution in [0.5, 0.6) is 0 Å². The molecule has 0 bridgehead atoms. The van der Waals surface area contributed by atoms with Crippen LogP contribution in [0, 0.1) is 0 Å². The maximum Gasteiger partial charge on any atom is 0.187 e. The van der Waals surface area contributed by atoms with Gasteiger partial charge in [0.15, 0.2) is 17.4 Å². The quantitative estimate of drug-likeness (QED) is 0.450. The SMILES string of the molecule is CCCCNCCCC.[AlH3]. The van der Waals surface area contributed by atoms with Crippen LogP contribution in [0.2, 0.25) is 0 Å². The van der Waals surface area contributed by atoms with Crippen molar-refractivity contribution in [2.24, 2.45) is 0 Å². The predicted molar refractivity (Wildman–Crippen MR) is 52.6 cm³/mol. The minimum atomic E-state index is 0. The zero-order chi connectivity index (χ0) is 6.95. The predicted octanol–water partition coefficient (Wildman–Crippen LogP) is 0.992. The first kappa shape index (κ1) is 13.1. The molecule has 0 aliphatic heterocycles. The van der Waals surface area contributed by atoms with Crippen LogP contribution < -0.4 is 5.32 Å². The molecular weight excluding hydrogens is 137 g/mol. The molecule has 0 aliphatic rings. The van der Waals surface area contributed by atoms with E-state index >= 15 is 0 Å². The summed E-state index contributed by atoms with van der Waals surface area (Å²) in [5.74, 6) is 0. The number of rotatable bonds is 6. The number of hydrogen-bond donors (Lipinski definition) is 1. The number of unbranched alkanes of at least 4 members (excludes halogenated alkanes) is 2. The summed E-state index contributed by atoms with van der Waals surface area (Å²) in [7, 11) is 0. The van der Waals surface area contributed by atoms with E-state index in [1.165, 1.54) is 38.8 Å². The number of hydrogen-bond acceptors (Lipinski definition) is 1. The second-order valence-corrected chi connectivity index (χ2v) is 2.46. The fourth-order valence-electron chi connectivity index (χ4n) is 0.729. The van der Waals surface area contributed by atoms with Crippen molar-refractivity contribution in [3.05, 3.63) is 0 Å². The molecule has 0 heterocycles. The van der Waals surface area contributed by atoms with Crippen LogP contribution in [0.15, 0.2) is 0 Å². The average molecular weight is 159 g/mol. The van der Waals surface area contributed by atoms with Gasteiger partial charge in [-0.15, -0.1) is 0 Å². The Morgan fingerprint density at radius 3 is 1.60 bits per heavy atom. The normalized spacial score (nSPS) is 9.00. The van der Waals surface area contributed by atoms with Crippen LogP contribution in [-0.4, -0.2) is 30.5 Å². The number of nitrogens with one attached hydrogen (secondary N) is 1. The van der Waals surface area contributed by atoms with Gasteiger partial charge in [-0.2, -0.15) is 0 Å². The first-order valence-electron chi connectivity index (χ1n) is 4.12. The van der Waals surface area contributed by atoms with Gasteiger partial charge in [-0.05, 0) is 25.9 Å². The summed E-state index contributed by atoms with van der Waals surface area (Å²) in [6.07, 6.45) is 5.26. The molecule has 0 atom stereocenters. The second kappa shape index (κ2) is 12.2. The molecule has 0 unspecified atom stereocenters. The zero-order valence-corrected chi connectivity index (χ0v) is 6.74. The zero-order valence-electron chi connectivity index (χ0n) is 6.74. The summed E-state index contributed by atoms with van der Waals surface area (Å²) in [6, 6.07) is 0. The Morgan fingerprint density at radius 2 is 1.30 bits per heavy atom. The van der Waals surface area contributed by atoms with E-state index in [4.69, 9.17) is 0 Å². The summed E-state index contributed by atoms with van der Waals surface area (Å²) in [4.78, 5) is 0. The fraction of sp³-hybridized carbons (Fsp3) is 1.00. The highest BCUT2D eigenvalue weighted by molar-refractivity contribution is 5.75. The molecule has 0 fully saturated rings. The molecule has 0 rings (SSSR count). The highest BCUT2D eigenvalue weighted by Gasteiger charge is 1.83. The Labute approximate surface area is 75.7 Å². The van der Waals surface area contributed by atoms with Gasteiger partial charge in [-0.1, -0.05) is 26.7 Å². The molecule has 0 radical (unpaired) electrons. The van der Waals surface area contributed by atoms with Crippen LogP contribution in [-0.2, 0) is 0 Å². The molecule has 10 heavy (non-hydrogen) atoms. The molecule has 1 N–H and O–H groups in total. The molecule has 62 valence electrons. The molecule has 0 saturated heterocycles. The van der Waals surface area contributed by atoms with E-state index in [0.717, 1.165) is 0 Å². The van der Waals surface area contributed by atoms with Gasteiger partial charge >= 0.3 is 0 Å². The third-order valence-electron chi connectivity index (χ3n) is 1.41. The van der Waals surface area contributed by atoms with Crippen molar-refractivity contribution < 1.29 is 0 Å².